The number of carbonyl (C=O) groups is 1. The maximum Gasteiger partial charge on any atom is 0.240 e. The number of hydrogen-bond acceptors (Lipinski definition) is 6. The molecule has 130 valence electrons. The Hall–Kier alpha value is -2.12. The highest BCUT2D eigenvalue weighted by molar-refractivity contribution is 8.00. The zero-order valence-corrected chi connectivity index (χ0v) is 16.2. The van der Waals surface area contributed by atoms with Gasteiger partial charge in [-0.05, 0) is 25.0 Å². The lowest BCUT2D eigenvalue weighted by Crippen LogP contribution is -2.26. The van der Waals surface area contributed by atoms with E-state index in [9.17, 15) is 4.79 Å². The number of aryl methyl sites for hydroxylation is 2. The third-order valence-electron chi connectivity index (χ3n) is 4.03. The van der Waals surface area contributed by atoms with Crippen molar-refractivity contribution in [1.82, 2.24) is 14.9 Å². The number of carbonyl (C=O) groups excluding carboxylic acids is 1. The molecule has 1 aromatic carbocycles. The minimum atomic E-state index is -0.407. The lowest BCUT2D eigenvalue weighted by atomic mass is 10.1. The van der Waals surface area contributed by atoms with Gasteiger partial charge in [-0.2, -0.15) is 0 Å². The maximum atomic E-state index is 12.7. The van der Waals surface area contributed by atoms with Crippen LogP contribution in [0.1, 0.15) is 21.3 Å². The Bertz CT molecular complexity index is 922. The first-order valence-electron chi connectivity index (χ1n) is 7.84. The van der Waals surface area contributed by atoms with E-state index in [1.807, 2.05) is 37.3 Å². The Morgan fingerprint density at radius 1 is 1.20 bits per heavy atom. The number of fused-ring (bicyclic) bond motifs is 1. The molecule has 2 N–H and O–H groups in total. The zero-order chi connectivity index (χ0) is 18.1. The van der Waals surface area contributed by atoms with Crippen molar-refractivity contribution in [3.8, 4) is 0 Å². The van der Waals surface area contributed by atoms with E-state index in [1.54, 1.807) is 30.3 Å². The fourth-order valence-electron chi connectivity index (χ4n) is 2.54. The molecule has 0 spiro atoms. The summed E-state index contributed by atoms with van der Waals surface area (Å²) in [5, 5.41) is 1.03. The van der Waals surface area contributed by atoms with Gasteiger partial charge in [-0.25, -0.2) is 9.97 Å². The summed E-state index contributed by atoms with van der Waals surface area (Å²) in [6, 6.07) is 9.68. The molecular formula is C18H20N4OS2. The fraction of sp³-hybridized carbons (Fsp3) is 0.278. The second-order valence-corrected chi connectivity index (χ2v) is 8.27. The van der Waals surface area contributed by atoms with Gasteiger partial charge in [0, 0.05) is 19.0 Å². The van der Waals surface area contributed by atoms with Crippen LogP contribution in [0, 0.1) is 13.8 Å². The van der Waals surface area contributed by atoms with E-state index in [4.69, 9.17) is 5.73 Å². The van der Waals surface area contributed by atoms with Crippen LogP contribution >= 0.6 is 23.1 Å². The molecule has 2 aromatic heterocycles. The smallest absolute Gasteiger partial charge is 0.240 e. The van der Waals surface area contributed by atoms with Gasteiger partial charge in [-0.3, -0.25) is 4.79 Å². The number of thioether (sulfide) groups is 1. The molecule has 25 heavy (non-hydrogen) atoms. The van der Waals surface area contributed by atoms with Gasteiger partial charge in [0.15, 0.2) is 5.16 Å². The van der Waals surface area contributed by atoms with Crippen LogP contribution in [0.15, 0.2) is 35.5 Å². The summed E-state index contributed by atoms with van der Waals surface area (Å²) in [6.45, 7) is 4.08. The van der Waals surface area contributed by atoms with Crippen LogP contribution in [0.4, 0.5) is 5.82 Å². The fourth-order valence-corrected chi connectivity index (χ4v) is 4.75. The molecule has 0 radical (unpaired) electrons. The Kier molecular flexibility index (Phi) is 4.96. The first kappa shape index (κ1) is 17.7. The van der Waals surface area contributed by atoms with Crippen molar-refractivity contribution < 1.29 is 4.79 Å². The van der Waals surface area contributed by atoms with Gasteiger partial charge in [0.25, 0.3) is 0 Å². The predicted molar refractivity (Wildman–Crippen MR) is 105 cm³/mol. The van der Waals surface area contributed by atoms with Crippen molar-refractivity contribution in [3.05, 3.63) is 46.3 Å². The lowest BCUT2D eigenvalue weighted by molar-refractivity contribution is -0.128. The highest BCUT2D eigenvalue weighted by atomic mass is 32.2. The van der Waals surface area contributed by atoms with Gasteiger partial charge in [-0.15, -0.1) is 11.3 Å². The van der Waals surface area contributed by atoms with E-state index in [0.717, 1.165) is 21.3 Å². The number of aromatic nitrogens is 2. The normalized spacial score (nSPS) is 12.3. The van der Waals surface area contributed by atoms with Crippen molar-refractivity contribution in [2.24, 2.45) is 0 Å². The van der Waals surface area contributed by atoms with Crippen LogP contribution in [0.2, 0.25) is 0 Å². The topological polar surface area (TPSA) is 72.1 Å². The number of thiophene rings is 1. The van der Waals surface area contributed by atoms with Crippen molar-refractivity contribution >= 4 is 45.0 Å². The van der Waals surface area contributed by atoms with Crippen LogP contribution in [0.3, 0.4) is 0 Å². The highest BCUT2D eigenvalue weighted by Crippen LogP contribution is 2.38. The summed E-state index contributed by atoms with van der Waals surface area (Å²) in [4.78, 5) is 25.4. The third kappa shape index (κ3) is 3.48. The number of nitrogen functional groups attached to an aromatic ring is 1. The predicted octanol–water partition coefficient (Wildman–Crippen LogP) is 3.81. The van der Waals surface area contributed by atoms with Crippen molar-refractivity contribution in [3.63, 3.8) is 0 Å². The molecule has 1 amide bonds. The van der Waals surface area contributed by atoms with E-state index in [0.29, 0.717) is 11.0 Å². The third-order valence-corrected chi connectivity index (χ3v) is 6.23. The Morgan fingerprint density at radius 2 is 1.88 bits per heavy atom. The Labute approximate surface area is 155 Å². The monoisotopic (exact) mass is 372 g/mol. The average molecular weight is 373 g/mol. The minimum Gasteiger partial charge on any atom is -0.383 e. The molecule has 1 unspecified atom stereocenters. The average Bonchev–Trinajstić information content (AvgIpc) is 2.87. The minimum absolute atomic E-state index is 0.00277. The number of benzene rings is 1. The Morgan fingerprint density at radius 3 is 2.52 bits per heavy atom. The van der Waals surface area contributed by atoms with Gasteiger partial charge < -0.3 is 10.6 Å². The van der Waals surface area contributed by atoms with Gasteiger partial charge in [-0.1, -0.05) is 42.1 Å². The maximum absolute atomic E-state index is 12.7. The van der Waals surface area contributed by atoms with Crippen molar-refractivity contribution in [1.29, 1.82) is 0 Å². The molecule has 0 saturated carbocycles. The first-order chi connectivity index (χ1) is 11.9. The van der Waals surface area contributed by atoms with E-state index < -0.39 is 5.25 Å². The van der Waals surface area contributed by atoms with Crippen molar-refractivity contribution in [2.45, 2.75) is 24.3 Å². The SMILES string of the molecule is Cc1sc2nc(SC(C(=O)N(C)C)c3ccccc3)nc(N)c2c1C. The summed E-state index contributed by atoms with van der Waals surface area (Å²) >= 11 is 2.94. The molecule has 0 aliphatic carbocycles. The van der Waals surface area contributed by atoms with Crippen LogP contribution in [-0.2, 0) is 4.79 Å². The number of nitrogens with two attached hydrogens (primary N) is 1. The molecule has 1 atom stereocenters. The quantitative estimate of drug-likeness (QED) is 0.557. The van der Waals surface area contributed by atoms with Gasteiger partial charge in [0.2, 0.25) is 5.91 Å². The first-order valence-corrected chi connectivity index (χ1v) is 9.54. The number of amides is 1. The van der Waals surface area contributed by atoms with E-state index >= 15 is 0 Å². The van der Waals surface area contributed by atoms with Crippen LogP contribution in [-0.4, -0.2) is 34.9 Å². The van der Waals surface area contributed by atoms with Crippen LogP contribution < -0.4 is 5.73 Å². The zero-order valence-electron chi connectivity index (χ0n) is 14.6. The molecule has 2 heterocycles. The van der Waals surface area contributed by atoms with E-state index in [1.165, 1.54) is 16.6 Å². The van der Waals surface area contributed by atoms with Gasteiger partial charge in [0.05, 0.1) is 5.39 Å². The second kappa shape index (κ2) is 7.01. The summed E-state index contributed by atoms with van der Waals surface area (Å²) in [7, 11) is 3.51. The summed E-state index contributed by atoms with van der Waals surface area (Å²) < 4.78 is 0. The molecule has 0 saturated heterocycles. The Balaban J connectivity index is 2.02. The molecule has 0 bridgehead atoms. The number of hydrogen-bond donors (Lipinski definition) is 1. The number of likely N-dealkylation sites (N-methyl/N-ethyl adjacent to an activating group) is 1. The van der Waals surface area contributed by atoms with Crippen LogP contribution in [0.5, 0.6) is 0 Å². The van der Waals surface area contributed by atoms with Crippen molar-refractivity contribution in [2.75, 3.05) is 19.8 Å². The van der Waals surface area contributed by atoms with Crippen LogP contribution in [0.25, 0.3) is 10.2 Å². The molecule has 3 rings (SSSR count). The number of nitrogens with zero attached hydrogens (tertiary/aromatic N) is 3. The molecule has 0 aliphatic rings. The molecule has 0 fully saturated rings. The molecule has 3 aromatic rings. The second-order valence-electron chi connectivity index (χ2n) is 6.00. The number of rotatable bonds is 4. The summed E-state index contributed by atoms with van der Waals surface area (Å²) in [5.41, 5.74) is 8.21. The highest BCUT2D eigenvalue weighted by Gasteiger charge is 2.25. The summed E-state index contributed by atoms with van der Waals surface area (Å²) in [5.74, 6) is 0.468. The van der Waals surface area contributed by atoms with E-state index in [2.05, 4.69) is 16.9 Å². The number of anilines is 1. The van der Waals surface area contributed by atoms with Gasteiger partial charge >= 0.3 is 0 Å². The largest absolute Gasteiger partial charge is 0.383 e. The molecule has 5 nitrogen and oxygen atoms in total. The molecule has 0 aliphatic heterocycles. The molecule has 7 heteroatoms. The van der Waals surface area contributed by atoms with Gasteiger partial charge in [0.1, 0.15) is 15.9 Å². The molecular weight excluding hydrogens is 352 g/mol. The lowest BCUT2D eigenvalue weighted by Gasteiger charge is -2.20. The summed E-state index contributed by atoms with van der Waals surface area (Å²) in [6.07, 6.45) is 0. The standard InChI is InChI=1S/C18H20N4OS2/c1-10-11(2)24-16-13(10)15(19)20-18(21-16)25-14(17(23)22(3)4)12-8-6-5-7-9-12/h5-9,14H,1-4H3,(H2,19,20,21). The van der Waals surface area contributed by atoms with E-state index in [-0.39, 0.29) is 5.91 Å².